The summed E-state index contributed by atoms with van der Waals surface area (Å²) in [4.78, 5) is 13.8. The van der Waals surface area contributed by atoms with Gasteiger partial charge < -0.3 is 14.4 Å². The van der Waals surface area contributed by atoms with Crippen molar-refractivity contribution in [3.8, 4) is 0 Å². The predicted octanol–water partition coefficient (Wildman–Crippen LogP) is 1.86. The highest BCUT2D eigenvalue weighted by atomic mass is 35.5. The van der Waals surface area contributed by atoms with Crippen LogP contribution in [0.4, 0.5) is 0 Å². The maximum absolute atomic E-state index is 11.2. The quantitative estimate of drug-likeness (QED) is 0.738. The first-order chi connectivity index (χ1) is 8.29. The summed E-state index contributed by atoms with van der Waals surface area (Å²) in [5, 5.41) is 0. The number of hydrogen-bond acceptors (Lipinski definition) is 4. The Labute approximate surface area is 115 Å². The van der Waals surface area contributed by atoms with Crippen LogP contribution in [0, 0.1) is 5.92 Å². The first kappa shape index (κ1) is 15.7. The number of methoxy groups -OCH3 is 1. The predicted molar refractivity (Wildman–Crippen MR) is 72.0 cm³/mol. The topological polar surface area (TPSA) is 38.8 Å². The molecule has 2 heterocycles. The maximum Gasteiger partial charge on any atom is 0.305 e. The molecule has 2 fully saturated rings. The van der Waals surface area contributed by atoms with Crippen molar-refractivity contribution in [1.29, 1.82) is 0 Å². The lowest BCUT2D eigenvalue weighted by Crippen LogP contribution is -2.44. The fourth-order valence-electron chi connectivity index (χ4n) is 2.89. The number of piperidine rings is 1. The molecule has 0 aromatic heterocycles. The summed E-state index contributed by atoms with van der Waals surface area (Å²) in [5.41, 5.74) is 0. The van der Waals surface area contributed by atoms with E-state index in [4.69, 9.17) is 9.47 Å². The van der Waals surface area contributed by atoms with Gasteiger partial charge in [0, 0.05) is 25.7 Å². The first-order valence-corrected chi connectivity index (χ1v) is 6.68. The number of carbonyl (C=O) groups excluding carboxylic acids is 1. The van der Waals surface area contributed by atoms with E-state index in [9.17, 15) is 4.79 Å². The molecule has 0 aliphatic carbocycles. The van der Waals surface area contributed by atoms with E-state index in [0.29, 0.717) is 18.4 Å². The van der Waals surface area contributed by atoms with Crippen LogP contribution in [0.1, 0.15) is 32.1 Å². The Morgan fingerprint density at radius 3 is 2.39 bits per heavy atom. The van der Waals surface area contributed by atoms with E-state index in [-0.39, 0.29) is 18.4 Å². The van der Waals surface area contributed by atoms with Crippen molar-refractivity contribution >= 4 is 18.4 Å². The number of ether oxygens (including phenoxy) is 2. The highest BCUT2D eigenvalue weighted by Crippen LogP contribution is 2.25. The molecule has 5 heteroatoms. The van der Waals surface area contributed by atoms with Crippen molar-refractivity contribution in [1.82, 2.24) is 4.90 Å². The van der Waals surface area contributed by atoms with Gasteiger partial charge >= 0.3 is 5.97 Å². The summed E-state index contributed by atoms with van der Waals surface area (Å²) in [6.45, 7) is 4.08. The summed E-state index contributed by atoms with van der Waals surface area (Å²) in [7, 11) is 1.47. The minimum Gasteiger partial charge on any atom is -0.469 e. The molecular weight excluding hydrogens is 254 g/mol. The Hall–Kier alpha value is -0.320. The Balaban J connectivity index is 0.00000162. The van der Waals surface area contributed by atoms with E-state index >= 15 is 0 Å². The molecule has 2 saturated heterocycles. The number of rotatable bonds is 3. The van der Waals surface area contributed by atoms with Crippen molar-refractivity contribution in [3.63, 3.8) is 0 Å². The molecule has 0 saturated carbocycles. The van der Waals surface area contributed by atoms with Crippen LogP contribution in [0.2, 0.25) is 0 Å². The second kappa shape index (κ2) is 7.97. The van der Waals surface area contributed by atoms with E-state index in [1.165, 1.54) is 20.0 Å². The van der Waals surface area contributed by atoms with Gasteiger partial charge in [-0.1, -0.05) is 0 Å². The van der Waals surface area contributed by atoms with Gasteiger partial charge in [-0.25, -0.2) is 0 Å². The normalized spacial score (nSPS) is 23.4. The molecule has 2 rings (SSSR count). The molecule has 0 unspecified atom stereocenters. The van der Waals surface area contributed by atoms with E-state index in [0.717, 1.165) is 39.1 Å². The summed E-state index contributed by atoms with van der Waals surface area (Å²) in [5.74, 6) is 0.466. The lowest BCUT2D eigenvalue weighted by Gasteiger charge is -2.39. The molecule has 0 spiro atoms. The van der Waals surface area contributed by atoms with Crippen LogP contribution in [-0.4, -0.2) is 50.3 Å². The van der Waals surface area contributed by atoms with Crippen LogP contribution in [-0.2, 0) is 14.3 Å². The van der Waals surface area contributed by atoms with Crippen LogP contribution >= 0.6 is 12.4 Å². The number of carbonyl (C=O) groups is 1. The van der Waals surface area contributed by atoms with E-state index in [1.54, 1.807) is 0 Å². The number of halogens is 1. The zero-order valence-electron chi connectivity index (χ0n) is 11.1. The molecule has 2 aliphatic rings. The molecule has 0 bridgehead atoms. The Morgan fingerprint density at radius 1 is 1.22 bits per heavy atom. The summed E-state index contributed by atoms with van der Waals surface area (Å²) < 4.78 is 10.1. The molecule has 18 heavy (non-hydrogen) atoms. The monoisotopic (exact) mass is 277 g/mol. The van der Waals surface area contributed by atoms with Gasteiger partial charge in [0.25, 0.3) is 0 Å². The fraction of sp³-hybridized carbons (Fsp3) is 0.923. The smallest absolute Gasteiger partial charge is 0.305 e. The third-order valence-corrected chi connectivity index (χ3v) is 4.04. The van der Waals surface area contributed by atoms with Gasteiger partial charge in [-0.3, -0.25) is 4.79 Å². The molecule has 0 N–H and O–H groups in total. The van der Waals surface area contributed by atoms with Gasteiger partial charge in [0.05, 0.1) is 7.11 Å². The Kier molecular flexibility index (Phi) is 6.97. The standard InChI is InChI=1S/C13H23NO3.ClH/c1-16-13(15)10-11-2-6-14(7-3-11)12-4-8-17-9-5-12;/h11-12H,2-10H2,1H3;1H. The Bertz CT molecular complexity index is 249. The largest absolute Gasteiger partial charge is 0.469 e. The second-order valence-electron chi connectivity index (χ2n) is 5.10. The summed E-state index contributed by atoms with van der Waals surface area (Å²) >= 11 is 0. The van der Waals surface area contributed by atoms with Gasteiger partial charge in [-0.2, -0.15) is 0 Å². The zero-order chi connectivity index (χ0) is 12.1. The highest BCUT2D eigenvalue weighted by Gasteiger charge is 2.27. The summed E-state index contributed by atoms with van der Waals surface area (Å²) in [6, 6.07) is 0.711. The van der Waals surface area contributed by atoms with Gasteiger partial charge in [-0.05, 0) is 44.7 Å². The van der Waals surface area contributed by atoms with Crippen LogP contribution in [0.25, 0.3) is 0 Å². The lowest BCUT2D eigenvalue weighted by molar-refractivity contribution is -0.142. The van der Waals surface area contributed by atoms with E-state index in [1.807, 2.05) is 0 Å². The number of esters is 1. The molecule has 0 aromatic carbocycles. The van der Waals surface area contributed by atoms with Crippen molar-refractivity contribution < 1.29 is 14.3 Å². The maximum atomic E-state index is 11.2. The molecule has 0 atom stereocenters. The first-order valence-electron chi connectivity index (χ1n) is 6.68. The van der Waals surface area contributed by atoms with Crippen LogP contribution in [0.5, 0.6) is 0 Å². The van der Waals surface area contributed by atoms with Gasteiger partial charge in [0.2, 0.25) is 0 Å². The zero-order valence-corrected chi connectivity index (χ0v) is 11.9. The highest BCUT2D eigenvalue weighted by molar-refractivity contribution is 5.85. The minimum absolute atomic E-state index is 0. The van der Waals surface area contributed by atoms with Crippen LogP contribution < -0.4 is 0 Å². The van der Waals surface area contributed by atoms with Gasteiger partial charge in [0.15, 0.2) is 0 Å². The van der Waals surface area contributed by atoms with E-state index in [2.05, 4.69) is 4.90 Å². The third kappa shape index (κ3) is 4.41. The van der Waals surface area contributed by atoms with Crippen molar-refractivity contribution in [2.45, 2.75) is 38.1 Å². The molecule has 106 valence electrons. The van der Waals surface area contributed by atoms with Gasteiger partial charge in [0.1, 0.15) is 0 Å². The van der Waals surface area contributed by atoms with Gasteiger partial charge in [-0.15, -0.1) is 12.4 Å². The van der Waals surface area contributed by atoms with Crippen molar-refractivity contribution in [3.05, 3.63) is 0 Å². The SMILES string of the molecule is COC(=O)CC1CCN(C2CCOCC2)CC1.Cl. The van der Waals surface area contributed by atoms with Crippen molar-refractivity contribution in [2.75, 3.05) is 33.4 Å². The average molecular weight is 278 g/mol. The Morgan fingerprint density at radius 2 is 1.83 bits per heavy atom. The number of nitrogens with zero attached hydrogens (tertiary/aromatic N) is 1. The summed E-state index contributed by atoms with van der Waals surface area (Å²) in [6.07, 6.45) is 5.19. The molecule has 0 radical (unpaired) electrons. The average Bonchev–Trinajstić information content (AvgIpc) is 2.40. The molecular formula is C13H24ClNO3. The second-order valence-corrected chi connectivity index (χ2v) is 5.10. The van der Waals surface area contributed by atoms with Crippen LogP contribution in [0.3, 0.4) is 0 Å². The van der Waals surface area contributed by atoms with Crippen molar-refractivity contribution in [2.24, 2.45) is 5.92 Å². The lowest BCUT2D eigenvalue weighted by atomic mass is 9.92. The molecule has 4 nitrogen and oxygen atoms in total. The fourth-order valence-corrected chi connectivity index (χ4v) is 2.89. The molecule has 0 amide bonds. The third-order valence-electron chi connectivity index (χ3n) is 4.04. The number of hydrogen-bond donors (Lipinski definition) is 0. The molecule has 0 aromatic rings. The minimum atomic E-state index is -0.0606. The molecule has 2 aliphatic heterocycles. The number of likely N-dealkylation sites (tertiary alicyclic amines) is 1. The van der Waals surface area contributed by atoms with E-state index < -0.39 is 0 Å². The van der Waals surface area contributed by atoms with Crippen LogP contribution in [0.15, 0.2) is 0 Å².